The predicted molar refractivity (Wildman–Crippen MR) is 114 cm³/mol. The van der Waals surface area contributed by atoms with Gasteiger partial charge >= 0.3 is 0 Å². The van der Waals surface area contributed by atoms with Crippen LogP contribution in [0.3, 0.4) is 0 Å². The number of nitro benzene ring substituents is 1. The number of piperazine rings is 1. The van der Waals surface area contributed by atoms with Crippen molar-refractivity contribution in [3.63, 3.8) is 0 Å². The van der Waals surface area contributed by atoms with E-state index in [1.54, 1.807) is 17.0 Å². The van der Waals surface area contributed by atoms with E-state index >= 15 is 0 Å². The number of hydrogen-bond acceptors (Lipinski definition) is 5. The fourth-order valence-corrected chi connectivity index (χ4v) is 4.26. The van der Waals surface area contributed by atoms with Gasteiger partial charge in [0.1, 0.15) is 0 Å². The normalized spacial score (nSPS) is 16.8. The molecule has 0 saturated carbocycles. The first-order valence-electron chi connectivity index (χ1n) is 10.1. The molecule has 2 aromatic carbocycles. The molecule has 0 radical (unpaired) electrons. The van der Waals surface area contributed by atoms with Crippen molar-refractivity contribution in [2.24, 2.45) is 0 Å². The average Bonchev–Trinajstić information content (AvgIpc) is 3.14. The van der Waals surface area contributed by atoms with E-state index < -0.39 is 0 Å². The summed E-state index contributed by atoms with van der Waals surface area (Å²) in [5.74, 6) is 0.0674. The second kappa shape index (κ2) is 7.83. The number of benzene rings is 2. The van der Waals surface area contributed by atoms with E-state index in [4.69, 9.17) is 0 Å². The molecule has 0 aliphatic carbocycles. The minimum absolute atomic E-state index is 0.0674. The average molecular weight is 394 g/mol. The van der Waals surface area contributed by atoms with Crippen LogP contribution in [-0.2, 0) is 11.2 Å². The fraction of sp³-hybridized carbons (Fsp3) is 0.409. The van der Waals surface area contributed by atoms with Crippen molar-refractivity contribution in [1.82, 2.24) is 4.90 Å². The van der Waals surface area contributed by atoms with E-state index in [1.165, 1.54) is 22.9 Å². The Kier molecular flexibility index (Phi) is 5.24. The zero-order valence-corrected chi connectivity index (χ0v) is 16.9. The van der Waals surface area contributed by atoms with E-state index in [-0.39, 0.29) is 16.5 Å². The molecule has 0 spiro atoms. The maximum Gasteiger partial charge on any atom is 0.269 e. The molecule has 0 N–H and O–H groups in total. The number of anilines is 2. The number of hydrogen-bond donors (Lipinski definition) is 0. The van der Waals surface area contributed by atoms with Gasteiger partial charge < -0.3 is 9.80 Å². The predicted octanol–water partition coefficient (Wildman–Crippen LogP) is 2.92. The van der Waals surface area contributed by atoms with Crippen LogP contribution in [0.25, 0.3) is 0 Å². The Morgan fingerprint density at radius 2 is 1.79 bits per heavy atom. The zero-order chi connectivity index (χ0) is 20.5. The number of fused-ring (bicyclic) bond motifs is 1. The minimum Gasteiger partial charge on any atom is -0.369 e. The van der Waals surface area contributed by atoms with E-state index in [0.29, 0.717) is 19.5 Å². The third-order valence-corrected chi connectivity index (χ3v) is 6.12. The topological polar surface area (TPSA) is 69.9 Å². The first-order valence-corrected chi connectivity index (χ1v) is 10.1. The molecule has 0 atom stereocenters. The largest absolute Gasteiger partial charge is 0.369 e. The maximum absolute atomic E-state index is 12.9. The zero-order valence-electron chi connectivity index (χ0n) is 16.9. The minimum atomic E-state index is -0.389. The summed E-state index contributed by atoms with van der Waals surface area (Å²) in [6.45, 7) is 8.78. The molecule has 2 heterocycles. The van der Waals surface area contributed by atoms with E-state index in [2.05, 4.69) is 41.8 Å². The number of rotatable bonds is 4. The van der Waals surface area contributed by atoms with Crippen LogP contribution in [-0.4, -0.2) is 55.0 Å². The monoisotopic (exact) mass is 394 g/mol. The number of nitrogens with zero attached hydrogens (tertiary/aromatic N) is 4. The number of non-ortho nitro benzene ring substituents is 1. The van der Waals surface area contributed by atoms with Gasteiger partial charge in [0.05, 0.1) is 11.5 Å². The molecular formula is C22H26N4O3. The molecule has 7 heteroatoms. The fourth-order valence-electron chi connectivity index (χ4n) is 4.26. The maximum atomic E-state index is 12.9. The molecule has 0 bridgehead atoms. The standard InChI is InChI=1S/C22H26N4O3/c1-16-4-3-5-20(17(16)2)24-12-10-23(11-13-24)15-22(27)25-9-8-18-14-19(26(28)29)6-7-21(18)25/h3-7,14H,8-13,15H2,1-2H3. The summed E-state index contributed by atoms with van der Waals surface area (Å²) in [5.41, 5.74) is 5.68. The molecule has 1 amide bonds. The first-order chi connectivity index (χ1) is 13.9. The Bertz CT molecular complexity index is 951. The van der Waals surface area contributed by atoms with Crippen LogP contribution < -0.4 is 9.80 Å². The summed E-state index contributed by atoms with van der Waals surface area (Å²) < 4.78 is 0. The third kappa shape index (κ3) is 3.82. The number of carbonyl (C=O) groups excluding carboxylic acids is 1. The number of aryl methyl sites for hydroxylation is 1. The summed E-state index contributed by atoms with van der Waals surface area (Å²) >= 11 is 0. The molecule has 0 aromatic heterocycles. The first kappa shape index (κ1) is 19.4. The van der Waals surface area contributed by atoms with Crippen molar-refractivity contribution in [3.05, 3.63) is 63.2 Å². The third-order valence-electron chi connectivity index (χ3n) is 6.12. The van der Waals surface area contributed by atoms with Crippen LogP contribution in [0, 0.1) is 24.0 Å². The van der Waals surface area contributed by atoms with Gasteiger partial charge in [0.25, 0.3) is 5.69 Å². The molecule has 0 unspecified atom stereocenters. The highest BCUT2D eigenvalue weighted by molar-refractivity contribution is 5.97. The van der Waals surface area contributed by atoms with Gasteiger partial charge in [-0.15, -0.1) is 0 Å². The smallest absolute Gasteiger partial charge is 0.269 e. The second-order valence-electron chi connectivity index (χ2n) is 7.85. The summed E-state index contributed by atoms with van der Waals surface area (Å²) in [6, 6.07) is 11.2. The van der Waals surface area contributed by atoms with Gasteiger partial charge in [-0.25, -0.2) is 0 Å². The molecule has 4 rings (SSSR count). The van der Waals surface area contributed by atoms with Crippen LogP contribution in [0.5, 0.6) is 0 Å². The molecule has 2 aromatic rings. The lowest BCUT2D eigenvalue weighted by Crippen LogP contribution is -2.50. The van der Waals surface area contributed by atoms with Crippen molar-refractivity contribution in [2.75, 3.05) is 49.1 Å². The Hall–Kier alpha value is -2.93. The molecule has 152 valence electrons. The number of amides is 1. The quantitative estimate of drug-likeness (QED) is 0.589. The number of nitro groups is 1. The van der Waals surface area contributed by atoms with Crippen molar-refractivity contribution in [1.29, 1.82) is 0 Å². The highest BCUT2D eigenvalue weighted by atomic mass is 16.6. The van der Waals surface area contributed by atoms with Gasteiger partial charge in [0, 0.05) is 56.2 Å². The molecule has 2 aliphatic rings. The van der Waals surface area contributed by atoms with Gasteiger partial charge in [-0.05, 0) is 49.1 Å². The van der Waals surface area contributed by atoms with Crippen molar-refractivity contribution in [2.45, 2.75) is 20.3 Å². The lowest BCUT2D eigenvalue weighted by Gasteiger charge is -2.37. The summed E-state index contributed by atoms with van der Waals surface area (Å²) in [7, 11) is 0. The Morgan fingerprint density at radius 1 is 1.03 bits per heavy atom. The Balaban J connectivity index is 1.37. The Labute approximate surface area is 170 Å². The van der Waals surface area contributed by atoms with Crippen LogP contribution in [0.4, 0.5) is 17.1 Å². The SMILES string of the molecule is Cc1cccc(N2CCN(CC(=O)N3CCc4cc([N+](=O)[O-])ccc43)CC2)c1C. The lowest BCUT2D eigenvalue weighted by molar-refractivity contribution is -0.384. The van der Waals surface area contributed by atoms with E-state index in [9.17, 15) is 14.9 Å². The van der Waals surface area contributed by atoms with Gasteiger partial charge in [-0.3, -0.25) is 19.8 Å². The summed E-state index contributed by atoms with van der Waals surface area (Å²) in [6.07, 6.45) is 0.670. The molecular weight excluding hydrogens is 368 g/mol. The van der Waals surface area contributed by atoms with Gasteiger partial charge in [-0.2, -0.15) is 0 Å². The van der Waals surface area contributed by atoms with E-state index in [1.807, 2.05) is 0 Å². The van der Waals surface area contributed by atoms with Gasteiger partial charge in [0.15, 0.2) is 0 Å². The van der Waals surface area contributed by atoms with Crippen LogP contribution >= 0.6 is 0 Å². The lowest BCUT2D eigenvalue weighted by atomic mass is 10.1. The molecule has 1 saturated heterocycles. The van der Waals surface area contributed by atoms with Crippen LogP contribution in [0.15, 0.2) is 36.4 Å². The summed E-state index contributed by atoms with van der Waals surface area (Å²) in [5, 5.41) is 11.0. The van der Waals surface area contributed by atoms with E-state index in [0.717, 1.165) is 37.4 Å². The molecule has 29 heavy (non-hydrogen) atoms. The Morgan fingerprint density at radius 3 is 2.52 bits per heavy atom. The second-order valence-corrected chi connectivity index (χ2v) is 7.85. The van der Waals surface area contributed by atoms with Crippen molar-refractivity contribution < 1.29 is 9.72 Å². The van der Waals surface area contributed by atoms with Crippen molar-refractivity contribution >= 4 is 23.0 Å². The highest BCUT2D eigenvalue weighted by Crippen LogP contribution is 2.31. The molecule has 7 nitrogen and oxygen atoms in total. The molecule has 2 aliphatic heterocycles. The summed E-state index contributed by atoms with van der Waals surface area (Å²) in [4.78, 5) is 29.8. The highest BCUT2D eigenvalue weighted by Gasteiger charge is 2.28. The molecule has 1 fully saturated rings. The van der Waals surface area contributed by atoms with Gasteiger partial charge in [-0.1, -0.05) is 12.1 Å². The van der Waals surface area contributed by atoms with Crippen LogP contribution in [0.1, 0.15) is 16.7 Å². The van der Waals surface area contributed by atoms with Crippen molar-refractivity contribution in [3.8, 4) is 0 Å². The van der Waals surface area contributed by atoms with Crippen LogP contribution in [0.2, 0.25) is 0 Å². The number of carbonyl (C=O) groups is 1. The van der Waals surface area contributed by atoms with Gasteiger partial charge in [0.2, 0.25) is 5.91 Å².